The van der Waals surface area contributed by atoms with Crippen LogP contribution in [0.3, 0.4) is 0 Å². The molecule has 0 unspecified atom stereocenters. The summed E-state index contributed by atoms with van der Waals surface area (Å²) in [6, 6.07) is 1.67. The molecule has 5 nitrogen and oxygen atoms in total. The SMILES string of the molecule is CCc1occc1C(=O)Nc1[nH]ncc1C. The maximum Gasteiger partial charge on any atom is 0.260 e. The molecule has 84 valence electrons. The smallest absolute Gasteiger partial charge is 0.260 e. The van der Waals surface area contributed by atoms with E-state index in [1.54, 1.807) is 12.3 Å². The number of aromatic amines is 1. The molecule has 2 heterocycles. The Bertz CT molecular complexity index is 499. The van der Waals surface area contributed by atoms with E-state index in [9.17, 15) is 4.79 Å². The first-order valence-corrected chi connectivity index (χ1v) is 5.10. The van der Waals surface area contributed by atoms with Crippen molar-refractivity contribution in [3.05, 3.63) is 35.4 Å². The minimum Gasteiger partial charge on any atom is -0.469 e. The van der Waals surface area contributed by atoms with E-state index in [-0.39, 0.29) is 5.91 Å². The van der Waals surface area contributed by atoms with Crippen LogP contribution in [0.2, 0.25) is 0 Å². The summed E-state index contributed by atoms with van der Waals surface area (Å²) < 4.78 is 5.20. The van der Waals surface area contributed by atoms with Crippen molar-refractivity contribution >= 4 is 11.7 Å². The molecule has 0 saturated heterocycles. The highest BCUT2D eigenvalue weighted by Crippen LogP contribution is 2.15. The number of hydrogen-bond acceptors (Lipinski definition) is 3. The minimum atomic E-state index is -0.182. The van der Waals surface area contributed by atoms with Crippen molar-refractivity contribution in [3.63, 3.8) is 0 Å². The Morgan fingerprint density at radius 1 is 1.62 bits per heavy atom. The molecule has 2 aromatic rings. The lowest BCUT2D eigenvalue weighted by atomic mass is 10.2. The van der Waals surface area contributed by atoms with Gasteiger partial charge >= 0.3 is 0 Å². The molecule has 0 saturated carbocycles. The number of amides is 1. The second kappa shape index (κ2) is 4.22. The summed E-state index contributed by atoms with van der Waals surface area (Å²) in [5.41, 5.74) is 1.46. The molecule has 0 radical (unpaired) electrons. The van der Waals surface area contributed by atoms with Gasteiger partial charge in [-0.3, -0.25) is 9.89 Å². The van der Waals surface area contributed by atoms with Crippen LogP contribution in [-0.2, 0) is 6.42 Å². The van der Waals surface area contributed by atoms with Gasteiger partial charge in [-0.05, 0) is 13.0 Å². The Morgan fingerprint density at radius 3 is 3.06 bits per heavy atom. The minimum absolute atomic E-state index is 0.182. The Hall–Kier alpha value is -2.04. The Kier molecular flexibility index (Phi) is 2.76. The largest absolute Gasteiger partial charge is 0.469 e. The second-order valence-corrected chi connectivity index (χ2v) is 3.49. The topological polar surface area (TPSA) is 70.9 Å². The lowest BCUT2D eigenvalue weighted by Crippen LogP contribution is -2.13. The number of H-pyrrole nitrogens is 1. The molecule has 1 amide bonds. The molecular weight excluding hydrogens is 206 g/mol. The van der Waals surface area contributed by atoms with Crippen LogP contribution in [0.25, 0.3) is 0 Å². The number of nitrogens with one attached hydrogen (secondary N) is 2. The van der Waals surface area contributed by atoms with Gasteiger partial charge in [-0.15, -0.1) is 0 Å². The first-order valence-electron chi connectivity index (χ1n) is 5.10. The Morgan fingerprint density at radius 2 is 2.44 bits per heavy atom. The van der Waals surface area contributed by atoms with Gasteiger partial charge in [0.2, 0.25) is 0 Å². The molecule has 0 fully saturated rings. The Labute approximate surface area is 92.9 Å². The zero-order valence-electron chi connectivity index (χ0n) is 9.20. The van der Waals surface area contributed by atoms with Crippen molar-refractivity contribution in [2.45, 2.75) is 20.3 Å². The number of carbonyl (C=O) groups is 1. The van der Waals surface area contributed by atoms with Gasteiger partial charge in [-0.25, -0.2) is 0 Å². The van der Waals surface area contributed by atoms with E-state index >= 15 is 0 Å². The van der Waals surface area contributed by atoms with E-state index in [1.165, 1.54) is 6.26 Å². The summed E-state index contributed by atoms with van der Waals surface area (Å²) in [6.07, 6.45) is 3.87. The standard InChI is InChI=1S/C11H13N3O2/c1-3-9-8(4-5-16-9)11(15)13-10-7(2)6-12-14-10/h4-6H,3H2,1-2H3,(H2,12,13,14,15). The van der Waals surface area contributed by atoms with Crippen LogP contribution < -0.4 is 5.32 Å². The van der Waals surface area contributed by atoms with Crippen molar-refractivity contribution in [2.75, 3.05) is 5.32 Å². The van der Waals surface area contributed by atoms with Crippen LogP contribution in [0.1, 0.15) is 28.6 Å². The molecule has 5 heteroatoms. The van der Waals surface area contributed by atoms with Crippen molar-refractivity contribution in [1.29, 1.82) is 0 Å². The van der Waals surface area contributed by atoms with Gasteiger partial charge in [-0.2, -0.15) is 5.10 Å². The molecule has 0 spiro atoms. The monoisotopic (exact) mass is 219 g/mol. The molecule has 2 aromatic heterocycles. The number of aromatic nitrogens is 2. The molecule has 0 aromatic carbocycles. The molecule has 0 atom stereocenters. The maximum absolute atomic E-state index is 11.9. The van der Waals surface area contributed by atoms with Crippen molar-refractivity contribution < 1.29 is 9.21 Å². The van der Waals surface area contributed by atoms with Gasteiger partial charge in [0, 0.05) is 12.0 Å². The second-order valence-electron chi connectivity index (χ2n) is 3.49. The number of anilines is 1. The highest BCUT2D eigenvalue weighted by atomic mass is 16.3. The van der Waals surface area contributed by atoms with Crippen molar-refractivity contribution in [2.24, 2.45) is 0 Å². The quantitative estimate of drug-likeness (QED) is 0.830. The lowest BCUT2D eigenvalue weighted by molar-refractivity contribution is 0.102. The number of carbonyl (C=O) groups excluding carboxylic acids is 1. The third kappa shape index (κ3) is 1.84. The van der Waals surface area contributed by atoms with E-state index in [4.69, 9.17) is 4.42 Å². The summed E-state index contributed by atoms with van der Waals surface area (Å²) >= 11 is 0. The van der Waals surface area contributed by atoms with E-state index in [2.05, 4.69) is 15.5 Å². The van der Waals surface area contributed by atoms with Crippen LogP contribution in [-0.4, -0.2) is 16.1 Å². The molecule has 0 aliphatic carbocycles. The first kappa shape index (κ1) is 10.5. The molecule has 0 aliphatic heterocycles. The summed E-state index contributed by atoms with van der Waals surface area (Å²) in [7, 11) is 0. The number of hydrogen-bond donors (Lipinski definition) is 2. The number of aryl methyl sites for hydroxylation is 2. The van der Waals surface area contributed by atoms with Crippen LogP contribution in [0.4, 0.5) is 5.82 Å². The fraction of sp³-hybridized carbons (Fsp3) is 0.273. The van der Waals surface area contributed by atoms with Gasteiger partial charge < -0.3 is 9.73 Å². The molecule has 0 bridgehead atoms. The van der Waals surface area contributed by atoms with E-state index in [0.29, 0.717) is 23.6 Å². The van der Waals surface area contributed by atoms with Gasteiger partial charge in [0.05, 0.1) is 18.0 Å². The lowest BCUT2D eigenvalue weighted by Gasteiger charge is -2.02. The maximum atomic E-state index is 11.9. The summed E-state index contributed by atoms with van der Waals surface area (Å²) in [5, 5.41) is 9.31. The third-order valence-electron chi connectivity index (χ3n) is 2.38. The van der Waals surface area contributed by atoms with E-state index < -0.39 is 0 Å². The average molecular weight is 219 g/mol. The zero-order valence-corrected chi connectivity index (χ0v) is 9.20. The summed E-state index contributed by atoms with van der Waals surface area (Å²) in [6.45, 7) is 3.81. The number of nitrogens with zero attached hydrogens (tertiary/aromatic N) is 1. The van der Waals surface area contributed by atoms with Gasteiger partial charge in [0.1, 0.15) is 11.6 Å². The van der Waals surface area contributed by atoms with Crippen LogP contribution in [0, 0.1) is 6.92 Å². The third-order valence-corrected chi connectivity index (χ3v) is 2.38. The highest BCUT2D eigenvalue weighted by Gasteiger charge is 2.14. The number of rotatable bonds is 3. The Balaban J connectivity index is 2.18. The molecule has 2 rings (SSSR count). The predicted molar refractivity (Wildman–Crippen MR) is 59.4 cm³/mol. The summed E-state index contributed by atoms with van der Waals surface area (Å²) in [4.78, 5) is 11.9. The fourth-order valence-corrected chi connectivity index (χ4v) is 1.47. The normalized spacial score (nSPS) is 10.4. The van der Waals surface area contributed by atoms with Crippen LogP contribution >= 0.6 is 0 Å². The van der Waals surface area contributed by atoms with Crippen LogP contribution in [0.15, 0.2) is 22.9 Å². The molecular formula is C11H13N3O2. The van der Waals surface area contributed by atoms with Crippen LogP contribution in [0.5, 0.6) is 0 Å². The van der Waals surface area contributed by atoms with Crippen molar-refractivity contribution in [3.8, 4) is 0 Å². The highest BCUT2D eigenvalue weighted by molar-refractivity contribution is 6.04. The molecule has 16 heavy (non-hydrogen) atoms. The zero-order chi connectivity index (χ0) is 11.5. The fourth-order valence-electron chi connectivity index (χ4n) is 1.47. The predicted octanol–water partition coefficient (Wildman–Crippen LogP) is 2.13. The number of furan rings is 1. The van der Waals surface area contributed by atoms with Gasteiger partial charge in [0.25, 0.3) is 5.91 Å². The molecule has 0 aliphatic rings. The van der Waals surface area contributed by atoms with Gasteiger partial charge in [0.15, 0.2) is 0 Å². The van der Waals surface area contributed by atoms with E-state index in [1.807, 2.05) is 13.8 Å². The van der Waals surface area contributed by atoms with Crippen molar-refractivity contribution in [1.82, 2.24) is 10.2 Å². The average Bonchev–Trinajstić information content (AvgIpc) is 2.87. The first-order chi connectivity index (χ1) is 7.72. The van der Waals surface area contributed by atoms with E-state index in [0.717, 1.165) is 5.56 Å². The summed E-state index contributed by atoms with van der Waals surface area (Å²) in [5.74, 6) is 1.13. The van der Waals surface area contributed by atoms with Gasteiger partial charge in [-0.1, -0.05) is 6.92 Å². The molecule has 2 N–H and O–H groups in total.